The molecule has 1 saturated heterocycles. The highest BCUT2D eigenvalue weighted by Gasteiger charge is 2.30. The Morgan fingerprint density at radius 3 is 2.43 bits per heavy atom. The minimum atomic E-state index is -4.47. The number of amides is 1. The van der Waals surface area contributed by atoms with Gasteiger partial charge in [0.2, 0.25) is 5.88 Å². The highest BCUT2D eigenvalue weighted by atomic mass is 19.4. The van der Waals surface area contributed by atoms with Gasteiger partial charge < -0.3 is 9.64 Å². The average molecular weight is 512 g/mol. The molecule has 12 heteroatoms. The minimum absolute atomic E-state index is 0.0196. The second kappa shape index (κ2) is 9.68. The fraction of sp³-hybridized carbons (Fsp3) is 0.320. The number of rotatable bonds is 5. The van der Waals surface area contributed by atoms with Crippen molar-refractivity contribution in [2.75, 3.05) is 13.1 Å². The van der Waals surface area contributed by atoms with Crippen molar-refractivity contribution in [2.45, 2.75) is 25.6 Å². The van der Waals surface area contributed by atoms with E-state index in [2.05, 4.69) is 15.1 Å². The fourth-order valence-corrected chi connectivity index (χ4v) is 4.37. The molecule has 0 aliphatic carbocycles. The summed E-state index contributed by atoms with van der Waals surface area (Å²) in [5, 5.41) is 4.57. The summed E-state index contributed by atoms with van der Waals surface area (Å²) in [4.78, 5) is 35.5. The van der Waals surface area contributed by atoms with Crippen molar-refractivity contribution in [1.82, 2.24) is 29.2 Å². The van der Waals surface area contributed by atoms with Gasteiger partial charge in [0.1, 0.15) is 11.1 Å². The topological polar surface area (TPSA) is 95.1 Å². The molecule has 4 heterocycles. The van der Waals surface area contributed by atoms with E-state index in [0.717, 1.165) is 25.0 Å². The van der Waals surface area contributed by atoms with Crippen molar-refractivity contribution in [3.8, 4) is 11.6 Å². The molecule has 0 unspecified atom stereocenters. The molecule has 1 fully saturated rings. The first-order valence-electron chi connectivity index (χ1n) is 11.7. The number of aryl methyl sites for hydroxylation is 1. The third-order valence-electron chi connectivity index (χ3n) is 6.46. The van der Waals surface area contributed by atoms with Crippen LogP contribution < -0.4 is 10.3 Å². The number of alkyl halides is 3. The molecular weight excluding hydrogens is 489 g/mol. The van der Waals surface area contributed by atoms with Crippen molar-refractivity contribution in [3.05, 3.63) is 76.6 Å². The van der Waals surface area contributed by atoms with Gasteiger partial charge in [-0.25, -0.2) is 9.97 Å². The Labute approximate surface area is 209 Å². The van der Waals surface area contributed by atoms with Crippen LogP contribution in [0, 0.1) is 5.92 Å². The lowest BCUT2D eigenvalue weighted by molar-refractivity contribution is -0.137. The van der Waals surface area contributed by atoms with Crippen LogP contribution in [-0.4, -0.2) is 48.2 Å². The molecule has 1 aromatic carbocycles. The van der Waals surface area contributed by atoms with E-state index in [4.69, 9.17) is 4.74 Å². The fourth-order valence-electron chi connectivity index (χ4n) is 4.37. The van der Waals surface area contributed by atoms with Gasteiger partial charge in [-0.2, -0.15) is 18.3 Å². The molecule has 9 nitrogen and oxygen atoms in total. The van der Waals surface area contributed by atoms with Crippen LogP contribution in [0.3, 0.4) is 0 Å². The molecule has 0 bridgehead atoms. The highest BCUT2D eigenvalue weighted by molar-refractivity contribution is 5.94. The van der Waals surface area contributed by atoms with Crippen molar-refractivity contribution < 1.29 is 22.7 Å². The Bertz CT molecular complexity index is 1470. The predicted octanol–water partition coefficient (Wildman–Crippen LogP) is 3.89. The molecule has 5 rings (SSSR count). The first kappa shape index (κ1) is 24.5. The van der Waals surface area contributed by atoms with Gasteiger partial charge in [-0.05, 0) is 49.1 Å². The summed E-state index contributed by atoms with van der Waals surface area (Å²) in [6, 6.07) is 8.42. The number of carbonyl (C=O) groups excluding carboxylic acids is 1. The van der Waals surface area contributed by atoms with Gasteiger partial charge in [0.15, 0.2) is 5.65 Å². The lowest BCUT2D eigenvalue weighted by atomic mass is 9.96. The number of halogens is 3. The summed E-state index contributed by atoms with van der Waals surface area (Å²) in [5.41, 5.74) is 0.0515. The monoisotopic (exact) mass is 512 g/mol. The smallest absolute Gasteiger partial charge is 0.417 e. The van der Waals surface area contributed by atoms with E-state index in [1.165, 1.54) is 6.20 Å². The molecule has 1 aliphatic heterocycles. The Kier molecular flexibility index (Phi) is 6.40. The van der Waals surface area contributed by atoms with Crippen LogP contribution in [0.25, 0.3) is 11.0 Å². The number of likely N-dealkylation sites (tertiary alicyclic amines) is 1. The van der Waals surface area contributed by atoms with Gasteiger partial charge in [0.25, 0.3) is 11.5 Å². The summed E-state index contributed by atoms with van der Waals surface area (Å²) >= 11 is 0. The number of nitrogens with zero attached hydrogens (tertiary/aromatic N) is 6. The molecule has 0 spiro atoms. The number of benzene rings is 1. The first-order chi connectivity index (χ1) is 17.7. The van der Waals surface area contributed by atoms with Crippen LogP contribution in [0.1, 0.15) is 28.8 Å². The Balaban J connectivity index is 1.16. The molecule has 0 saturated carbocycles. The third-order valence-corrected chi connectivity index (χ3v) is 6.46. The van der Waals surface area contributed by atoms with Crippen molar-refractivity contribution in [3.63, 3.8) is 0 Å². The maximum absolute atomic E-state index is 13.0. The molecule has 4 aromatic rings. The van der Waals surface area contributed by atoms with E-state index in [0.29, 0.717) is 48.2 Å². The van der Waals surface area contributed by atoms with Gasteiger partial charge in [0, 0.05) is 44.5 Å². The SMILES string of the molecule is Cn1ncc2c(=O)n(CC3CCN(C(=O)c4ccc(Oc5ccc(C(F)(F)F)cn5)cc4)CC3)cnc21. The van der Waals surface area contributed by atoms with Crippen LogP contribution >= 0.6 is 0 Å². The second-order valence-corrected chi connectivity index (χ2v) is 8.95. The molecule has 37 heavy (non-hydrogen) atoms. The molecule has 0 N–H and O–H groups in total. The van der Waals surface area contributed by atoms with Gasteiger partial charge in [-0.1, -0.05) is 0 Å². The third kappa shape index (κ3) is 5.18. The number of carbonyl (C=O) groups is 1. The Morgan fingerprint density at radius 2 is 1.78 bits per heavy atom. The molecule has 1 amide bonds. The van der Waals surface area contributed by atoms with E-state index in [-0.39, 0.29) is 23.3 Å². The predicted molar refractivity (Wildman–Crippen MR) is 127 cm³/mol. The van der Waals surface area contributed by atoms with E-state index in [1.54, 1.807) is 51.8 Å². The van der Waals surface area contributed by atoms with Crippen LogP contribution in [0.2, 0.25) is 0 Å². The summed E-state index contributed by atoms with van der Waals surface area (Å²) in [7, 11) is 1.74. The molecule has 3 aromatic heterocycles. The largest absolute Gasteiger partial charge is 0.439 e. The molecular formula is C25H23F3N6O3. The quantitative estimate of drug-likeness (QED) is 0.403. The number of piperidine rings is 1. The van der Waals surface area contributed by atoms with Crippen LogP contribution in [-0.2, 0) is 19.8 Å². The Morgan fingerprint density at radius 1 is 1.05 bits per heavy atom. The summed E-state index contributed by atoms with van der Waals surface area (Å²) in [6.07, 6.45) is 0.826. The minimum Gasteiger partial charge on any atom is -0.439 e. The number of fused-ring (bicyclic) bond motifs is 1. The van der Waals surface area contributed by atoms with Crippen molar-refractivity contribution in [1.29, 1.82) is 0 Å². The standard InChI is InChI=1S/C25H23F3N6O3/c1-32-22-20(13-31-32)24(36)34(15-30-22)14-16-8-10-33(11-9-16)23(35)17-2-5-19(6-3-17)37-21-7-4-18(12-29-21)25(26,27)28/h2-7,12-13,15-16H,8-11,14H2,1H3. The zero-order valence-electron chi connectivity index (χ0n) is 19.9. The number of hydrogen-bond acceptors (Lipinski definition) is 6. The molecule has 192 valence electrons. The Hall–Kier alpha value is -4.22. The van der Waals surface area contributed by atoms with Gasteiger partial charge >= 0.3 is 6.18 Å². The second-order valence-electron chi connectivity index (χ2n) is 8.95. The zero-order chi connectivity index (χ0) is 26.2. The normalized spacial score (nSPS) is 14.8. The lowest BCUT2D eigenvalue weighted by Gasteiger charge is -2.32. The molecule has 0 radical (unpaired) electrons. The lowest BCUT2D eigenvalue weighted by Crippen LogP contribution is -2.40. The molecule has 1 aliphatic rings. The number of pyridine rings is 1. The van der Waals surface area contributed by atoms with Crippen LogP contribution in [0.15, 0.2) is 59.9 Å². The van der Waals surface area contributed by atoms with Gasteiger partial charge in [-0.15, -0.1) is 0 Å². The summed E-state index contributed by atoms with van der Waals surface area (Å²) in [5.74, 6) is 0.497. The number of ether oxygens (including phenoxy) is 1. The van der Waals surface area contributed by atoms with Crippen molar-refractivity contribution in [2.24, 2.45) is 13.0 Å². The zero-order valence-corrected chi connectivity index (χ0v) is 19.9. The first-order valence-corrected chi connectivity index (χ1v) is 11.7. The maximum Gasteiger partial charge on any atom is 0.417 e. The maximum atomic E-state index is 13.0. The van der Waals surface area contributed by atoms with E-state index < -0.39 is 11.7 Å². The van der Waals surface area contributed by atoms with E-state index in [9.17, 15) is 22.8 Å². The van der Waals surface area contributed by atoms with E-state index >= 15 is 0 Å². The highest BCUT2D eigenvalue weighted by Crippen LogP contribution is 2.30. The number of aromatic nitrogens is 5. The summed E-state index contributed by atoms with van der Waals surface area (Å²) < 4.78 is 46.7. The van der Waals surface area contributed by atoms with Crippen LogP contribution in [0.5, 0.6) is 11.6 Å². The van der Waals surface area contributed by atoms with Crippen molar-refractivity contribution >= 4 is 16.9 Å². The number of hydrogen-bond donors (Lipinski definition) is 0. The van der Waals surface area contributed by atoms with E-state index in [1.807, 2.05) is 0 Å². The summed E-state index contributed by atoms with van der Waals surface area (Å²) in [6.45, 7) is 1.66. The average Bonchev–Trinajstić information content (AvgIpc) is 3.27. The van der Waals surface area contributed by atoms with Crippen LogP contribution in [0.4, 0.5) is 13.2 Å². The molecule has 0 atom stereocenters. The van der Waals surface area contributed by atoms with Gasteiger partial charge in [-0.3, -0.25) is 18.8 Å². The van der Waals surface area contributed by atoms with Gasteiger partial charge in [0.05, 0.1) is 18.1 Å².